The summed E-state index contributed by atoms with van der Waals surface area (Å²) in [6.45, 7) is -0.108. The largest absolute Gasteiger partial charge is 0.508 e. The molecule has 5 nitrogen and oxygen atoms in total. The summed E-state index contributed by atoms with van der Waals surface area (Å²) in [5.74, 6) is -0.0733. The number of hydrogen-bond acceptors (Lipinski definition) is 5. The molecule has 0 heterocycles. The van der Waals surface area contributed by atoms with Gasteiger partial charge in [0, 0.05) is 24.2 Å². The number of azo groups is 1. The van der Waals surface area contributed by atoms with Crippen LogP contribution in [0.4, 0.5) is 11.4 Å². The van der Waals surface area contributed by atoms with Crippen LogP contribution in [0, 0.1) is 0 Å². The Bertz CT molecular complexity index is 937. The van der Waals surface area contributed by atoms with Gasteiger partial charge < -0.3 is 10.2 Å². The summed E-state index contributed by atoms with van der Waals surface area (Å²) in [6.07, 6.45) is 0.269. The van der Waals surface area contributed by atoms with Gasteiger partial charge in [0.2, 0.25) is 0 Å². The van der Waals surface area contributed by atoms with Gasteiger partial charge >= 0.3 is 0 Å². The molecule has 2 N–H and O–H groups in total. The number of phenolic OH excluding ortho intramolecular Hbond substituents is 1. The van der Waals surface area contributed by atoms with Crippen molar-refractivity contribution in [2.45, 2.75) is 6.42 Å². The van der Waals surface area contributed by atoms with Crippen molar-refractivity contribution in [3.63, 3.8) is 0 Å². The van der Waals surface area contributed by atoms with E-state index in [2.05, 4.69) is 10.2 Å². The number of rotatable bonds is 6. The van der Waals surface area contributed by atoms with E-state index < -0.39 is 0 Å². The zero-order valence-corrected chi connectivity index (χ0v) is 14.0. The standard InChI is InChI=1S/C21H18N2O3/c24-14-13-16-18(11-6-12-20(16)25)22-23-19-10-5-4-9-17(19)21(26)15-7-2-1-3-8-15/h1-12,24-25H,13-14H2. The van der Waals surface area contributed by atoms with Crippen molar-refractivity contribution in [1.82, 2.24) is 0 Å². The summed E-state index contributed by atoms with van der Waals surface area (Å²) in [4.78, 5) is 12.7. The van der Waals surface area contributed by atoms with Crippen molar-refractivity contribution in [1.29, 1.82) is 0 Å². The first-order valence-corrected chi connectivity index (χ1v) is 8.23. The summed E-state index contributed by atoms with van der Waals surface area (Å²) in [6, 6.07) is 20.9. The zero-order valence-electron chi connectivity index (χ0n) is 14.0. The molecule has 0 fully saturated rings. The Balaban J connectivity index is 1.96. The minimum atomic E-state index is -0.133. The van der Waals surface area contributed by atoms with Crippen LogP contribution in [-0.4, -0.2) is 22.6 Å². The van der Waals surface area contributed by atoms with E-state index in [-0.39, 0.29) is 24.6 Å². The number of aliphatic hydroxyl groups is 1. The van der Waals surface area contributed by atoms with Crippen LogP contribution in [0.3, 0.4) is 0 Å². The van der Waals surface area contributed by atoms with Gasteiger partial charge in [0.25, 0.3) is 0 Å². The van der Waals surface area contributed by atoms with Gasteiger partial charge in [-0.25, -0.2) is 0 Å². The molecule has 0 aromatic heterocycles. The predicted octanol–water partition coefficient (Wildman–Crippen LogP) is 4.57. The van der Waals surface area contributed by atoms with Crippen LogP contribution in [0.2, 0.25) is 0 Å². The fourth-order valence-electron chi connectivity index (χ4n) is 2.63. The highest BCUT2D eigenvalue weighted by Crippen LogP contribution is 2.31. The molecule has 3 aromatic rings. The van der Waals surface area contributed by atoms with Crippen LogP contribution in [0.15, 0.2) is 83.0 Å². The Morgan fingerprint density at radius 1 is 0.808 bits per heavy atom. The number of carbonyl (C=O) groups excluding carboxylic acids is 1. The molecule has 0 amide bonds. The molecule has 130 valence electrons. The van der Waals surface area contributed by atoms with E-state index >= 15 is 0 Å². The van der Waals surface area contributed by atoms with Crippen molar-refractivity contribution in [2.75, 3.05) is 6.61 Å². The third kappa shape index (κ3) is 3.84. The number of aromatic hydroxyl groups is 1. The molecule has 0 spiro atoms. The van der Waals surface area contributed by atoms with E-state index in [1.165, 1.54) is 6.07 Å². The van der Waals surface area contributed by atoms with Crippen LogP contribution in [0.25, 0.3) is 0 Å². The van der Waals surface area contributed by atoms with Crippen molar-refractivity contribution in [3.8, 4) is 5.75 Å². The SMILES string of the molecule is O=C(c1ccccc1)c1ccccc1N=Nc1cccc(O)c1CCO. The molecule has 0 aliphatic carbocycles. The van der Waals surface area contributed by atoms with Crippen molar-refractivity contribution >= 4 is 17.2 Å². The second kappa shape index (κ2) is 8.18. The number of ketones is 1. The minimum absolute atomic E-state index is 0.0594. The van der Waals surface area contributed by atoms with E-state index in [0.717, 1.165) is 0 Å². The van der Waals surface area contributed by atoms with Gasteiger partial charge in [-0.2, -0.15) is 5.11 Å². The van der Waals surface area contributed by atoms with Crippen LogP contribution < -0.4 is 0 Å². The molecule has 0 saturated heterocycles. The normalized spacial score (nSPS) is 11.0. The monoisotopic (exact) mass is 346 g/mol. The Hall–Kier alpha value is -3.31. The Morgan fingerprint density at radius 2 is 1.46 bits per heavy atom. The molecule has 0 aliphatic heterocycles. The van der Waals surface area contributed by atoms with E-state index in [4.69, 9.17) is 5.11 Å². The second-order valence-electron chi connectivity index (χ2n) is 5.66. The molecule has 0 bridgehead atoms. The molecule has 26 heavy (non-hydrogen) atoms. The molecule has 3 rings (SSSR count). The average Bonchev–Trinajstić information content (AvgIpc) is 2.69. The van der Waals surface area contributed by atoms with Gasteiger partial charge in [0.15, 0.2) is 5.78 Å². The summed E-state index contributed by atoms with van der Waals surface area (Å²) in [5, 5.41) is 27.5. The van der Waals surface area contributed by atoms with E-state index in [1.54, 1.807) is 48.5 Å². The Morgan fingerprint density at radius 3 is 2.23 bits per heavy atom. The first-order chi connectivity index (χ1) is 12.7. The molecule has 0 atom stereocenters. The topological polar surface area (TPSA) is 82.2 Å². The lowest BCUT2D eigenvalue weighted by atomic mass is 10.0. The highest BCUT2D eigenvalue weighted by Gasteiger charge is 2.13. The number of phenols is 1. The van der Waals surface area contributed by atoms with Gasteiger partial charge in [-0.05, 0) is 24.3 Å². The first kappa shape index (κ1) is 17.5. The van der Waals surface area contributed by atoms with Crippen LogP contribution in [-0.2, 0) is 6.42 Å². The molecular weight excluding hydrogens is 328 g/mol. The fourth-order valence-corrected chi connectivity index (χ4v) is 2.63. The zero-order chi connectivity index (χ0) is 18.4. The highest BCUT2D eigenvalue weighted by molar-refractivity contribution is 6.11. The first-order valence-electron chi connectivity index (χ1n) is 8.23. The lowest BCUT2D eigenvalue weighted by molar-refractivity contribution is 0.103. The van der Waals surface area contributed by atoms with Gasteiger partial charge in [0.1, 0.15) is 5.75 Å². The van der Waals surface area contributed by atoms with Gasteiger partial charge in [-0.3, -0.25) is 4.79 Å². The molecule has 0 radical (unpaired) electrons. The Labute approximate surface area is 151 Å². The highest BCUT2D eigenvalue weighted by atomic mass is 16.3. The summed E-state index contributed by atoms with van der Waals surface area (Å²) in [7, 11) is 0. The molecule has 0 aliphatic rings. The van der Waals surface area contributed by atoms with E-state index in [1.807, 2.05) is 18.2 Å². The summed E-state index contributed by atoms with van der Waals surface area (Å²) >= 11 is 0. The maximum absolute atomic E-state index is 12.7. The Kier molecular flexibility index (Phi) is 5.51. The number of aliphatic hydroxyl groups excluding tert-OH is 1. The number of benzene rings is 3. The molecular formula is C21H18N2O3. The van der Waals surface area contributed by atoms with Crippen molar-refractivity contribution in [3.05, 3.63) is 89.5 Å². The molecule has 0 unspecified atom stereocenters. The third-order valence-electron chi connectivity index (χ3n) is 3.94. The molecule has 3 aromatic carbocycles. The van der Waals surface area contributed by atoms with Crippen LogP contribution in [0.5, 0.6) is 5.75 Å². The number of carbonyl (C=O) groups is 1. The molecule has 0 saturated carbocycles. The lowest BCUT2D eigenvalue weighted by Gasteiger charge is -2.07. The molecule has 5 heteroatoms. The van der Waals surface area contributed by atoms with Crippen LogP contribution >= 0.6 is 0 Å². The summed E-state index contributed by atoms with van der Waals surface area (Å²) < 4.78 is 0. The predicted molar refractivity (Wildman–Crippen MR) is 99.4 cm³/mol. The smallest absolute Gasteiger partial charge is 0.195 e. The van der Waals surface area contributed by atoms with Crippen LogP contribution in [0.1, 0.15) is 21.5 Å². The van der Waals surface area contributed by atoms with Gasteiger partial charge in [-0.15, -0.1) is 5.11 Å². The number of hydrogen-bond donors (Lipinski definition) is 2. The summed E-state index contributed by atoms with van der Waals surface area (Å²) in [5.41, 5.74) is 2.45. The fraction of sp³-hybridized carbons (Fsp3) is 0.0952. The van der Waals surface area contributed by atoms with E-state index in [0.29, 0.717) is 28.1 Å². The average molecular weight is 346 g/mol. The quantitative estimate of drug-likeness (QED) is 0.506. The minimum Gasteiger partial charge on any atom is -0.508 e. The maximum Gasteiger partial charge on any atom is 0.195 e. The van der Waals surface area contributed by atoms with Gasteiger partial charge in [-0.1, -0.05) is 48.5 Å². The van der Waals surface area contributed by atoms with Crippen molar-refractivity contribution < 1.29 is 15.0 Å². The van der Waals surface area contributed by atoms with Gasteiger partial charge in [0.05, 0.1) is 16.9 Å². The lowest BCUT2D eigenvalue weighted by Crippen LogP contribution is -2.00. The van der Waals surface area contributed by atoms with Crippen molar-refractivity contribution in [2.24, 2.45) is 10.2 Å². The second-order valence-corrected chi connectivity index (χ2v) is 5.66. The number of nitrogens with zero attached hydrogens (tertiary/aromatic N) is 2. The maximum atomic E-state index is 12.7. The third-order valence-corrected chi connectivity index (χ3v) is 3.94. The van der Waals surface area contributed by atoms with E-state index in [9.17, 15) is 9.90 Å².